The van der Waals surface area contributed by atoms with Crippen LogP contribution in [0, 0.1) is 0 Å². The van der Waals surface area contributed by atoms with Crippen molar-refractivity contribution >= 4 is 0 Å². The molecule has 2 aliphatic heterocycles. The van der Waals surface area contributed by atoms with Crippen LogP contribution in [0.1, 0.15) is 37.8 Å². The number of ether oxygens (including phenoxy) is 3. The SMILES string of the molecule is CCNC1c2ccccc2OCC1OCC1CCCCO1. The summed E-state index contributed by atoms with van der Waals surface area (Å²) in [6.07, 6.45) is 3.82. The van der Waals surface area contributed by atoms with Crippen molar-refractivity contribution in [1.29, 1.82) is 0 Å². The predicted molar refractivity (Wildman–Crippen MR) is 81.7 cm³/mol. The van der Waals surface area contributed by atoms with Gasteiger partial charge in [-0.3, -0.25) is 0 Å². The Hall–Kier alpha value is -1.10. The van der Waals surface area contributed by atoms with Crippen LogP contribution in [0.3, 0.4) is 0 Å². The van der Waals surface area contributed by atoms with Gasteiger partial charge in [0, 0.05) is 12.2 Å². The molecular formula is C17H25NO3. The van der Waals surface area contributed by atoms with E-state index in [1.807, 2.05) is 12.1 Å². The summed E-state index contributed by atoms with van der Waals surface area (Å²) in [5.41, 5.74) is 1.19. The third-order valence-corrected chi connectivity index (χ3v) is 4.22. The third kappa shape index (κ3) is 3.57. The normalized spacial score (nSPS) is 28.7. The second-order valence-corrected chi connectivity index (χ2v) is 5.74. The summed E-state index contributed by atoms with van der Waals surface area (Å²) in [6, 6.07) is 8.41. The van der Waals surface area contributed by atoms with E-state index in [2.05, 4.69) is 24.4 Å². The topological polar surface area (TPSA) is 39.7 Å². The molecule has 1 fully saturated rings. The lowest BCUT2D eigenvalue weighted by Gasteiger charge is -2.35. The minimum atomic E-state index is 0.0466. The number of hydrogen-bond donors (Lipinski definition) is 1. The number of likely N-dealkylation sites (N-methyl/N-ethyl adjacent to an activating group) is 1. The summed E-state index contributed by atoms with van der Waals surface area (Å²) in [4.78, 5) is 0. The highest BCUT2D eigenvalue weighted by Crippen LogP contribution is 2.33. The summed E-state index contributed by atoms with van der Waals surface area (Å²) in [6.45, 7) is 5.17. The van der Waals surface area contributed by atoms with Crippen LogP contribution in [0.25, 0.3) is 0 Å². The zero-order chi connectivity index (χ0) is 14.5. The van der Waals surface area contributed by atoms with Crippen molar-refractivity contribution in [1.82, 2.24) is 5.32 Å². The van der Waals surface area contributed by atoms with Crippen LogP contribution >= 0.6 is 0 Å². The maximum absolute atomic E-state index is 6.13. The Labute approximate surface area is 126 Å². The number of hydrogen-bond acceptors (Lipinski definition) is 4. The average Bonchev–Trinajstić information content (AvgIpc) is 2.55. The highest BCUT2D eigenvalue weighted by Gasteiger charge is 2.31. The first-order valence-electron chi connectivity index (χ1n) is 8.06. The number of nitrogens with one attached hydrogen (secondary N) is 1. The van der Waals surface area contributed by atoms with Gasteiger partial charge in [0.2, 0.25) is 0 Å². The van der Waals surface area contributed by atoms with Gasteiger partial charge < -0.3 is 19.5 Å². The minimum absolute atomic E-state index is 0.0466. The van der Waals surface area contributed by atoms with E-state index in [-0.39, 0.29) is 18.2 Å². The van der Waals surface area contributed by atoms with Crippen LogP contribution in [-0.4, -0.2) is 38.6 Å². The molecule has 116 valence electrons. The van der Waals surface area contributed by atoms with Crippen molar-refractivity contribution in [3.8, 4) is 5.75 Å². The fraction of sp³-hybridized carbons (Fsp3) is 0.647. The highest BCUT2D eigenvalue weighted by molar-refractivity contribution is 5.38. The molecule has 3 atom stereocenters. The monoisotopic (exact) mass is 291 g/mol. The summed E-state index contributed by atoms with van der Waals surface area (Å²) in [7, 11) is 0. The molecule has 0 saturated carbocycles. The lowest BCUT2D eigenvalue weighted by Crippen LogP contribution is -2.42. The zero-order valence-electron chi connectivity index (χ0n) is 12.7. The van der Waals surface area contributed by atoms with Gasteiger partial charge in [-0.1, -0.05) is 25.1 Å². The van der Waals surface area contributed by atoms with E-state index in [9.17, 15) is 0 Å². The van der Waals surface area contributed by atoms with E-state index >= 15 is 0 Å². The van der Waals surface area contributed by atoms with Crippen molar-refractivity contribution < 1.29 is 14.2 Å². The standard InChI is InChI=1S/C17H25NO3/c1-2-18-17-14-8-3-4-9-15(14)21-12-16(17)20-11-13-7-5-6-10-19-13/h3-4,8-9,13,16-18H,2,5-7,10-12H2,1H3. The van der Waals surface area contributed by atoms with E-state index in [1.54, 1.807) is 0 Å². The largest absolute Gasteiger partial charge is 0.490 e. The smallest absolute Gasteiger partial charge is 0.124 e. The molecule has 0 aliphatic carbocycles. The molecule has 0 aromatic heterocycles. The van der Waals surface area contributed by atoms with Gasteiger partial charge in [-0.05, 0) is 31.9 Å². The van der Waals surface area contributed by atoms with Gasteiger partial charge in [-0.15, -0.1) is 0 Å². The van der Waals surface area contributed by atoms with E-state index in [1.165, 1.54) is 18.4 Å². The second-order valence-electron chi connectivity index (χ2n) is 5.74. The predicted octanol–water partition coefficient (Wildman–Crippen LogP) is 2.68. The van der Waals surface area contributed by atoms with Crippen LogP contribution in [0.2, 0.25) is 0 Å². The van der Waals surface area contributed by atoms with Crippen LogP contribution < -0.4 is 10.1 Å². The molecule has 0 bridgehead atoms. The number of rotatable bonds is 5. The van der Waals surface area contributed by atoms with Crippen molar-refractivity contribution in [3.05, 3.63) is 29.8 Å². The van der Waals surface area contributed by atoms with Crippen molar-refractivity contribution in [2.24, 2.45) is 0 Å². The van der Waals surface area contributed by atoms with Gasteiger partial charge in [0.15, 0.2) is 0 Å². The van der Waals surface area contributed by atoms with Crippen LogP contribution in [0.5, 0.6) is 5.75 Å². The van der Waals surface area contributed by atoms with Crippen molar-refractivity contribution in [3.63, 3.8) is 0 Å². The molecule has 3 unspecified atom stereocenters. The van der Waals surface area contributed by atoms with Crippen LogP contribution in [0.15, 0.2) is 24.3 Å². The molecule has 4 nitrogen and oxygen atoms in total. The van der Waals surface area contributed by atoms with Gasteiger partial charge in [0.1, 0.15) is 18.5 Å². The Morgan fingerprint density at radius 3 is 3.00 bits per heavy atom. The molecule has 0 radical (unpaired) electrons. The van der Waals surface area contributed by atoms with Crippen molar-refractivity contribution in [2.75, 3.05) is 26.4 Å². The Balaban J connectivity index is 1.64. The van der Waals surface area contributed by atoms with Gasteiger partial charge in [-0.2, -0.15) is 0 Å². The van der Waals surface area contributed by atoms with Crippen LogP contribution in [0.4, 0.5) is 0 Å². The average molecular weight is 291 g/mol. The third-order valence-electron chi connectivity index (χ3n) is 4.22. The summed E-state index contributed by atoms with van der Waals surface area (Å²) < 4.78 is 17.7. The molecule has 3 rings (SSSR count). The van der Waals surface area contributed by atoms with E-state index in [0.29, 0.717) is 13.2 Å². The molecular weight excluding hydrogens is 266 g/mol. The number of para-hydroxylation sites is 1. The van der Waals surface area contributed by atoms with Gasteiger partial charge in [0.05, 0.1) is 18.8 Å². The van der Waals surface area contributed by atoms with E-state index in [4.69, 9.17) is 14.2 Å². The fourth-order valence-electron chi connectivity index (χ4n) is 3.11. The number of benzene rings is 1. The Bertz CT molecular complexity index is 445. The molecule has 1 aromatic carbocycles. The molecule has 1 aromatic rings. The summed E-state index contributed by atoms with van der Waals surface area (Å²) in [5, 5.41) is 3.53. The van der Waals surface area contributed by atoms with Gasteiger partial charge >= 0.3 is 0 Å². The molecule has 1 saturated heterocycles. The zero-order valence-corrected chi connectivity index (χ0v) is 12.7. The Morgan fingerprint density at radius 1 is 1.29 bits per heavy atom. The Morgan fingerprint density at radius 2 is 2.19 bits per heavy atom. The lowest BCUT2D eigenvalue weighted by atomic mass is 9.98. The number of fused-ring (bicyclic) bond motifs is 1. The summed E-state index contributed by atoms with van der Waals surface area (Å²) in [5.74, 6) is 0.970. The molecule has 2 aliphatic rings. The molecule has 1 N–H and O–H groups in total. The van der Waals surface area contributed by atoms with Gasteiger partial charge in [0.25, 0.3) is 0 Å². The first-order valence-corrected chi connectivity index (χ1v) is 8.06. The fourth-order valence-corrected chi connectivity index (χ4v) is 3.11. The molecule has 0 spiro atoms. The van der Waals surface area contributed by atoms with Gasteiger partial charge in [-0.25, -0.2) is 0 Å². The molecule has 21 heavy (non-hydrogen) atoms. The molecule has 0 amide bonds. The van der Waals surface area contributed by atoms with Crippen LogP contribution in [-0.2, 0) is 9.47 Å². The quantitative estimate of drug-likeness (QED) is 0.905. The highest BCUT2D eigenvalue weighted by atomic mass is 16.6. The maximum atomic E-state index is 6.13. The summed E-state index contributed by atoms with van der Waals surface area (Å²) >= 11 is 0. The van der Waals surface area contributed by atoms with E-state index in [0.717, 1.165) is 25.3 Å². The first kappa shape index (κ1) is 14.8. The van der Waals surface area contributed by atoms with Crippen molar-refractivity contribution in [2.45, 2.75) is 44.4 Å². The Kier molecular flexibility index (Phi) is 5.12. The minimum Gasteiger partial charge on any atom is -0.490 e. The van der Waals surface area contributed by atoms with E-state index < -0.39 is 0 Å². The molecule has 4 heteroatoms. The maximum Gasteiger partial charge on any atom is 0.124 e. The lowest BCUT2D eigenvalue weighted by molar-refractivity contribution is -0.0847. The molecule has 2 heterocycles. The first-order chi connectivity index (χ1) is 10.4. The second kappa shape index (κ2) is 7.25.